The molecule has 1 N–H and O–H groups in total. The molecule has 0 atom stereocenters. The highest BCUT2D eigenvalue weighted by atomic mass is 19.1. The molecular weight excluding hydrogens is 322 g/mol. The summed E-state index contributed by atoms with van der Waals surface area (Å²) in [5.41, 5.74) is 5.17. The Morgan fingerprint density at radius 3 is 2.24 bits per heavy atom. The third kappa shape index (κ3) is 5.14. The van der Waals surface area contributed by atoms with Crippen molar-refractivity contribution >= 4 is 11.9 Å². The van der Waals surface area contributed by atoms with Crippen LogP contribution in [0.1, 0.15) is 11.1 Å². The van der Waals surface area contributed by atoms with E-state index in [4.69, 9.17) is 4.74 Å². The Hall–Kier alpha value is -3.21. The summed E-state index contributed by atoms with van der Waals surface area (Å²) in [6.45, 7) is 0.0949. The van der Waals surface area contributed by atoms with E-state index in [9.17, 15) is 8.78 Å². The van der Waals surface area contributed by atoms with Crippen molar-refractivity contribution in [2.45, 2.75) is 6.61 Å². The van der Waals surface area contributed by atoms with Gasteiger partial charge in [-0.2, -0.15) is 5.10 Å². The monoisotopic (exact) mass is 338 g/mol. The van der Waals surface area contributed by atoms with Gasteiger partial charge < -0.3 is 4.74 Å². The number of nitrogens with zero attached hydrogens (tertiary/aromatic N) is 1. The number of nitrogens with one attached hydrogen (secondary N) is 1. The maximum Gasteiger partial charge on any atom is 0.126 e. The minimum atomic E-state index is -0.615. The molecule has 126 valence electrons. The standard InChI is InChI=1S/C20H16F2N2O/c21-17-10-16(11-18(22)12-17)14-25-20-8-6-15(7-9-20)13-23-24-19-4-2-1-3-5-19/h1-13,24H,14H2. The van der Waals surface area contributed by atoms with Crippen LogP contribution in [0.3, 0.4) is 0 Å². The van der Waals surface area contributed by atoms with E-state index in [0.29, 0.717) is 11.3 Å². The topological polar surface area (TPSA) is 33.6 Å². The van der Waals surface area contributed by atoms with Crippen LogP contribution in [0, 0.1) is 11.6 Å². The molecule has 0 fully saturated rings. The minimum absolute atomic E-state index is 0.0949. The first-order valence-corrected chi connectivity index (χ1v) is 7.71. The molecule has 3 aromatic carbocycles. The van der Waals surface area contributed by atoms with E-state index in [1.54, 1.807) is 18.3 Å². The molecule has 5 heteroatoms. The Labute approximate surface area is 144 Å². The maximum absolute atomic E-state index is 13.1. The van der Waals surface area contributed by atoms with Crippen molar-refractivity contribution in [1.29, 1.82) is 0 Å². The van der Waals surface area contributed by atoms with Crippen LogP contribution < -0.4 is 10.2 Å². The van der Waals surface area contributed by atoms with Crippen molar-refractivity contribution in [3.05, 3.63) is 95.6 Å². The summed E-state index contributed by atoms with van der Waals surface area (Å²) in [5.74, 6) is -0.620. The summed E-state index contributed by atoms with van der Waals surface area (Å²) >= 11 is 0. The molecule has 0 amide bonds. The van der Waals surface area contributed by atoms with E-state index < -0.39 is 11.6 Å². The fourth-order valence-electron chi connectivity index (χ4n) is 2.21. The molecule has 0 saturated carbocycles. The highest BCUT2D eigenvalue weighted by Gasteiger charge is 2.02. The van der Waals surface area contributed by atoms with Gasteiger partial charge in [-0.25, -0.2) is 8.78 Å². The van der Waals surface area contributed by atoms with Crippen LogP contribution in [0.15, 0.2) is 77.9 Å². The van der Waals surface area contributed by atoms with Crippen molar-refractivity contribution in [2.24, 2.45) is 5.10 Å². The molecule has 0 aliphatic heterocycles. The van der Waals surface area contributed by atoms with E-state index in [1.807, 2.05) is 42.5 Å². The first-order valence-electron chi connectivity index (χ1n) is 7.71. The van der Waals surface area contributed by atoms with Gasteiger partial charge in [0.15, 0.2) is 0 Å². The van der Waals surface area contributed by atoms with Gasteiger partial charge in [0.05, 0.1) is 11.9 Å². The summed E-state index contributed by atoms with van der Waals surface area (Å²) < 4.78 is 31.8. The average Bonchev–Trinajstić information content (AvgIpc) is 2.61. The summed E-state index contributed by atoms with van der Waals surface area (Å²) in [6.07, 6.45) is 1.69. The van der Waals surface area contributed by atoms with Gasteiger partial charge in [-0.15, -0.1) is 0 Å². The van der Waals surface area contributed by atoms with Crippen molar-refractivity contribution < 1.29 is 13.5 Å². The van der Waals surface area contributed by atoms with Crippen molar-refractivity contribution in [1.82, 2.24) is 0 Å². The zero-order valence-electron chi connectivity index (χ0n) is 13.3. The summed E-state index contributed by atoms with van der Waals surface area (Å²) in [5, 5.41) is 4.16. The minimum Gasteiger partial charge on any atom is -0.489 e. The van der Waals surface area contributed by atoms with E-state index in [0.717, 1.165) is 17.3 Å². The second-order valence-electron chi connectivity index (χ2n) is 5.37. The third-order valence-corrected chi connectivity index (χ3v) is 3.39. The van der Waals surface area contributed by atoms with E-state index >= 15 is 0 Å². The molecule has 0 bridgehead atoms. The van der Waals surface area contributed by atoms with Crippen LogP contribution in [-0.2, 0) is 6.61 Å². The SMILES string of the molecule is Fc1cc(F)cc(COc2ccc(C=NNc3ccccc3)cc2)c1. The molecule has 3 nitrogen and oxygen atoms in total. The molecule has 3 aromatic rings. The molecular formula is C20H16F2N2O. The molecule has 0 aliphatic rings. The fraction of sp³-hybridized carbons (Fsp3) is 0.0500. The zero-order chi connectivity index (χ0) is 17.5. The number of hydrogen-bond donors (Lipinski definition) is 1. The number of rotatable bonds is 6. The Kier molecular flexibility index (Phi) is 5.36. The van der Waals surface area contributed by atoms with Gasteiger partial charge in [0, 0.05) is 6.07 Å². The lowest BCUT2D eigenvalue weighted by molar-refractivity contribution is 0.305. The molecule has 0 radical (unpaired) electrons. The largest absolute Gasteiger partial charge is 0.489 e. The number of anilines is 1. The molecule has 3 rings (SSSR count). The number of para-hydroxylation sites is 1. The molecule has 0 aliphatic carbocycles. The van der Waals surface area contributed by atoms with Gasteiger partial charge >= 0.3 is 0 Å². The number of hydrogen-bond acceptors (Lipinski definition) is 3. The summed E-state index contributed by atoms with van der Waals surface area (Å²) in [7, 11) is 0. The predicted octanol–water partition coefficient (Wildman–Crippen LogP) is 4.99. The average molecular weight is 338 g/mol. The van der Waals surface area contributed by atoms with Gasteiger partial charge in [0.25, 0.3) is 0 Å². The number of ether oxygens (including phenoxy) is 1. The first-order chi connectivity index (χ1) is 12.2. The lowest BCUT2D eigenvalue weighted by Crippen LogP contribution is -1.97. The Bertz CT molecular complexity index is 829. The lowest BCUT2D eigenvalue weighted by Gasteiger charge is -2.07. The Morgan fingerprint density at radius 1 is 0.880 bits per heavy atom. The second kappa shape index (κ2) is 8.06. The summed E-state index contributed by atoms with van der Waals surface area (Å²) in [6, 6.07) is 20.2. The van der Waals surface area contributed by atoms with Crippen LogP contribution in [0.4, 0.5) is 14.5 Å². The molecule has 0 saturated heterocycles. The van der Waals surface area contributed by atoms with Gasteiger partial charge in [-0.3, -0.25) is 5.43 Å². The molecule has 0 heterocycles. The quantitative estimate of drug-likeness (QED) is 0.507. The predicted molar refractivity (Wildman–Crippen MR) is 94.8 cm³/mol. The molecule has 0 aromatic heterocycles. The highest BCUT2D eigenvalue weighted by Crippen LogP contribution is 2.15. The fourth-order valence-corrected chi connectivity index (χ4v) is 2.21. The molecule has 0 unspecified atom stereocenters. The lowest BCUT2D eigenvalue weighted by atomic mass is 10.2. The number of hydrazone groups is 1. The Morgan fingerprint density at radius 2 is 1.56 bits per heavy atom. The third-order valence-electron chi connectivity index (χ3n) is 3.39. The van der Waals surface area contributed by atoms with E-state index in [1.165, 1.54) is 12.1 Å². The summed E-state index contributed by atoms with van der Waals surface area (Å²) in [4.78, 5) is 0. The van der Waals surface area contributed by atoms with E-state index in [-0.39, 0.29) is 6.61 Å². The van der Waals surface area contributed by atoms with Crippen molar-refractivity contribution in [2.75, 3.05) is 5.43 Å². The van der Waals surface area contributed by atoms with Gasteiger partial charge in [-0.05, 0) is 59.7 Å². The smallest absolute Gasteiger partial charge is 0.126 e. The van der Waals surface area contributed by atoms with E-state index in [2.05, 4.69) is 10.5 Å². The second-order valence-corrected chi connectivity index (χ2v) is 5.37. The molecule has 25 heavy (non-hydrogen) atoms. The number of halogens is 2. The van der Waals surface area contributed by atoms with Crippen LogP contribution >= 0.6 is 0 Å². The van der Waals surface area contributed by atoms with Gasteiger partial charge in [-0.1, -0.05) is 18.2 Å². The maximum atomic E-state index is 13.1. The normalized spacial score (nSPS) is 10.8. The zero-order valence-corrected chi connectivity index (χ0v) is 13.3. The van der Waals surface area contributed by atoms with Crippen molar-refractivity contribution in [3.63, 3.8) is 0 Å². The van der Waals surface area contributed by atoms with Crippen LogP contribution in [0.5, 0.6) is 5.75 Å². The molecule has 0 spiro atoms. The van der Waals surface area contributed by atoms with Crippen molar-refractivity contribution in [3.8, 4) is 5.75 Å². The van der Waals surface area contributed by atoms with Crippen LogP contribution in [-0.4, -0.2) is 6.21 Å². The van der Waals surface area contributed by atoms with Crippen LogP contribution in [0.25, 0.3) is 0 Å². The highest BCUT2D eigenvalue weighted by molar-refractivity contribution is 5.80. The van der Waals surface area contributed by atoms with Crippen LogP contribution in [0.2, 0.25) is 0 Å². The number of benzene rings is 3. The van der Waals surface area contributed by atoms with Gasteiger partial charge in [0.1, 0.15) is 24.0 Å². The van der Waals surface area contributed by atoms with Gasteiger partial charge in [0.2, 0.25) is 0 Å². The first kappa shape index (κ1) is 16.6. The Balaban J connectivity index is 1.55.